The number of fused-ring (bicyclic) bond motifs is 1. The highest BCUT2D eigenvalue weighted by Gasteiger charge is 2.26. The van der Waals surface area contributed by atoms with Crippen LogP contribution in [0.2, 0.25) is 0 Å². The van der Waals surface area contributed by atoms with E-state index in [1.54, 1.807) is 0 Å². The SMILES string of the molecule is O=C(CCn1ncc2ccccc21)N1CCCN(CC2CC2)CC1. The van der Waals surface area contributed by atoms with E-state index in [1.165, 1.54) is 19.4 Å². The molecule has 5 nitrogen and oxygen atoms in total. The van der Waals surface area contributed by atoms with Crippen LogP contribution in [0.4, 0.5) is 0 Å². The second-order valence-corrected chi connectivity index (χ2v) is 7.15. The average molecular weight is 326 g/mol. The van der Waals surface area contributed by atoms with Gasteiger partial charge in [0.2, 0.25) is 5.91 Å². The van der Waals surface area contributed by atoms with E-state index in [0.29, 0.717) is 13.0 Å². The predicted octanol–water partition coefficient (Wildman–Crippen LogP) is 2.37. The number of nitrogens with zero attached hydrogens (tertiary/aromatic N) is 4. The summed E-state index contributed by atoms with van der Waals surface area (Å²) in [6.45, 7) is 5.86. The molecule has 4 rings (SSSR count). The van der Waals surface area contributed by atoms with Crippen molar-refractivity contribution in [3.05, 3.63) is 30.5 Å². The summed E-state index contributed by atoms with van der Waals surface area (Å²) in [5, 5.41) is 5.55. The van der Waals surface area contributed by atoms with E-state index in [2.05, 4.69) is 27.0 Å². The lowest BCUT2D eigenvalue weighted by atomic mass is 10.2. The summed E-state index contributed by atoms with van der Waals surface area (Å²) >= 11 is 0. The Balaban J connectivity index is 1.30. The first-order valence-electron chi connectivity index (χ1n) is 9.20. The number of hydrogen-bond acceptors (Lipinski definition) is 3. The third-order valence-electron chi connectivity index (χ3n) is 5.24. The van der Waals surface area contributed by atoms with Gasteiger partial charge in [-0.05, 0) is 37.8 Å². The largest absolute Gasteiger partial charge is 0.341 e. The Morgan fingerprint density at radius 1 is 1.12 bits per heavy atom. The van der Waals surface area contributed by atoms with Crippen LogP contribution in [0.1, 0.15) is 25.7 Å². The van der Waals surface area contributed by atoms with Crippen molar-refractivity contribution in [2.24, 2.45) is 5.92 Å². The lowest BCUT2D eigenvalue weighted by molar-refractivity contribution is -0.131. The third-order valence-corrected chi connectivity index (χ3v) is 5.24. The number of aryl methyl sites for hydroxylation is 1. The van der Waals surface area contributed by atoms with Crippen molar-refractivity contribution in [3.63, 3.8) is 0 Å². The minimum absolute atomic E-state index is 0.267. The minimum Gasteiger partial charge on any atom is -0.341 e. The van der Waals surface area contributed by atoms with Crippen LogP contribution < -0.4 is 0 Å². The maximum Gasteiger partial charge on any atom is 0.224 e. The number of rotatable bonds is 5. The summed E-state index contributed by atoms with van der Waals surface area (Å²) < 4.78 is 1.95. The first-order valence-corrected chi connectivity index (χ1v) is 9.20. The minimum atomic E-state index is 0.267. The third kappa shape index (κ3) is 3.61. The summed E-state index contributed by atoms with van der Waals surface area (Å²) in [6, 6.07) is 8.16. The van der Waals surface area contributed by atoms with Gasteiger partial charge in [-0.15, -0.1) is 0 Å². The molecule has 0 radical (unpaired) electrons. The molecule has 2 heterocycles. The Labute approximate surface area is 143 Å². The Bertz CT molecular complexity index is 706. The quantitative estimate of drug-likeness (QED) is 0.847. The number of carbonyl (C=O) groups is 1. The van der Waals surface area contributed by atoms with Gasteiger partial charge in [0.1, 0.15) is 0 Å². The smallest absolute Gasteiger partial charge is 0.224 e. The Hall–Kier alpha value is -1.88. The van der Waals surface area contributed by atoms with E-state index < -0.39 is 0 Å². The monoisotopic (exact) mass is 326 g/mol. The molecule has 2 aromatic rings. The first-order chi connectivity index (χ1) is 11.8. The Morgan fingerprint density at radius 2 is 2.00 bits per heavy atom. The topological polar surface area (TPSA) is 41.4 Å². The molecule has 1 aromatic heterocycles. The first kappa shape index (κ1) is 15.6. The van der Waals surface area contributed by atoms with Crippen molar-refractivity contribution in [1.82, 2.24) is 19.6 Å². The summed E-state index contributed by atoms with van der Waals surface area (Å²) in [7, 11) is 0. The van der Waals surface area contributed by atoms with Gasteiger partial charge in [-0.1, -0.05) is 18.2 Å². The molecule has 1 aromatic carbocycles. The maximum absolute atomic E-state index is 12.6. The van der Waals surface area contributed by atoms with Crippen molar-refractivity contribution in [2.75, 3.05) is 32.7 Å². The van der Waals surface area contributed by atoms with Crippen molar-refractivity contribution >= 4 is 16.8 Å². The number of carbonyl (C=O) groups excluding carboxylic acids is 1. The van der Waals surface area contributed by atoms with Crippen molar-refractivity contribution in [2.45, 2.75) is 32.2 Å². The van der Waals surface area contributed by atoms with Crippen LogP contribution in [0.5, 0.6) is 0 Å². The molecule has 1 saturated carbocycles. The molecule has 0 unspecified atom stereocenters. The van der Waals surface area contributed by atoms with Crippen LogP contribution in [0, 0.1) is 5.92 Å². The van der Waals surface area contributed by atoms with E-state index >= 15 is 0 Å². The fourth-order valence-corrected chi connectivity index (χ4v) is 3.63. The number of para-hydroxylation sites is 1. The van der Waals surface area contributed by atoms with Gasteiger partial charge in [0.05, 0.1) is 18.3 Å². The predicted molar refractivity (Wildman–Crippen MR) is 94.7 cm³/mol. The van der Waals surface area contributed by atoms with Crippen LogP contribution >= 0.6 is 0 Å². The average Bonchev–Trinajstić information content (AvgIpc) is 3.37. The summed E-state index contributed by atoms with van der Waals surface area (Å²) in [4.78, 5) is 17.2. The maximum atomic E-state index is 12.6. The van der Waals surface area contributed by atoms with Crippen molar-refractivity contribution < 1.29 is 4.79 Å². The molecule has 1 aliphatic heterocycles. The molecule has 0 N–H and O–H groups in total. The number of amides is 1. The standard InChI is InChI=1S/C19H26N4O/c24-19(8-11-23-18-5-2-1-4-17(18)14-20-23)22-10-3-9-21(12-13-22)15-16-6-7-16/h1-2,4-5,14,16H,3,6-13,15H2. The van der Waals surface area contributed by atoms with E-state index in [0.717, 1.165) is 49.4 Å². The van der Waals surface area contributed by atoms with Gasteiger partial charge in [0, 0.05) is 38.0 Å². The second kappa shape index (κ2) is 6.93. The van der Waals surface area contributed by atoms with E-state index in [9.17, 15) is 4.79 Å². The summed E-state index contributed by atoms with van der Waals surface area (Å²) in [5.74, 6) is 1.20. The lowest BCUT2D eigenvalue weighted by Gasteiger charge is -2.22. The molecule has 0 spiro atoms. The fourth-order valence-electron chi connectivity index (χ4n) is 3.63. The van der Waals surface area contributed by atoms with Gasteiger partial charge < -0.3 is 9.80 Å². The van der Waals surface area contributed by atoms with Gasteiger partial charge in [-0.2, -0.15) is 5.10 Å². The molecule has 1 amide bonds. The Morgan fingerprint density at radius 3 is 2.88 bits per heavy atom. The highest BCUT2D eigenvalue weighted by molar-refractivity contribution is 5.79. The van der Waals surface area contributed by atoms with Crippen molar-refractivity contribution in [3.8, 4) is 0 Å². The molecule has 5 heteroatoms. The molecule has 0 bridgehead atoms. The number of aromatic nitrogens is 2. The zero-order valence-corrected chi connectivity index (χ0v) is 14.2. The molecule has 24 heavy (non-hydrogen) atoms. The highest BCUT2D eigenvalue weighted by atomic mass is 16.2. The zero-order chi connectivity index (χ0) is 16.4. The van der Waals surface area contributed by atoms with Crippen molar-refractivity contribution in [1.29, 1.82) is 0 Å². The highest BCUT2D eigenvalue weighted by Crippen LogP contribution is 2.29. The van der Waals surface area contributed by atoms with Gasteiger partial charge in [0.15, 0.2) is 0 Å². The molecule has 1 saturated heterocycles. The van der Waals surface area contributed by atoms with Gasteiger partial charge in [-0.25, -0.2) is 0 Å². The second-order valence-electron chi connectivity index (χ2n) is 7.15. The van der Waals surface area contributed by atoms with E-state index in [1.807, 2.05) is 23.0 Å². The number of benzene rings is 1. The van der Waals surface area contributed by atoms with Gasteiger partial charge in [0.25, 0.3) is 0 Å². The van der Waals surface area contributed by atoms with Crippen LogP contribution in [-0.4, -0.2) is 58.2 Å². The molecular formula is C19H26N4O. The fraction of sp³-hybridized carbons (Fsp3) is 0.579. The van der Waals surface area contributed by atoms with Crippen LogP contribution in [0.3, 0.4) is 0 Å². The van der Waals surface area contributed by atoms with E-state index in [4.69, 9.17) is 0 Å². The summed E-state index contributed by atoms with van der Waals surface area (Å²) in [6.07, 6.45) is 6.31. The molecule has 0 atom stereocenters. The van der Waals surface area contributed by atoms with Gasteiger partial charge >= 0.3 is 0 Å². The molecular weight excluding hydrogens is 300 g/mol. The van der Waals surface area contributed by atoms with Crippen LogP contribution in [0.15, 0.2) is 30.5 Å². The van der Waals surface area contributed by atoms with Gasteiger partial charge in [-0.3, -0.25) is 9.48 Å². The molecule has 128 valence electrons. The Kier molecular flexibility index (Phi) is 4.52. The van der Waals surface area contributed by atoms with E-state index in [-0.39, 0.29) is 5.91 Å². The molecule has 2 aliphatic rings. The summed E-state index contributed by atoms with van der Waals surface area (Å²) in [5.41, 5.74) is 1.11. The van der Waals surface area contributed by atoms with Crippen LogP contribution in [-0.2, 0) is 11.3 Å². The lowest BCUT2D eigenvalue weighted by Crippen LogP contribution is -2.36. The normalized spacial score (nSPS) is 19.6. The molecule has 2 fully saturated rings. The van der Waals surface area contributed by atoms with Crippen LogP contribution in [0.25, 0.3) is 10.9 Å². The molecule has 1 aliphatic carbocycles. The zero-order valence-electron chi connectivity index (χ0n) is 14.2. The number of hydrogen-bond donors (Lipinski definition) is 0.